The standard InChI is InChI=1S/C26H18Cl3N3O.C26H21Cl2N5O/c1-32-15-30-14-24(32)26(33,17-5-8-19(27)9-6-17)18-7-10-23-22(12-18)21(13-25(29)31-23)16-3-2-4-20(28)11-16;1-33-15-30-14-24(33)26(34,17-5-8-19(27)9-6-17)18-7-10-23-22(12-18)21(13-25(31-23)32-29)16-3-2-4-20(28)11-16/h2-15,33H,1H3;2-15,34H,29H2,1H3,(H,31,32). The summed E-state index contributed by atoms with van der Waals surface area (Å²) in [4.78, 5) is 17.6. The highest BCUT2D eigenvalue weighted by atomic mass is 35.5. The zero-order valence-corrected chi connectivity index (χ0v) is 39.5. The summed E-state index contributed by atoms with van der Waals surface area (Å²) in [5.74, 6) is 6.21. The van der Waals surface area contributed by atoms with Crippen molar-refractivity contribution in [1.82, 2.24) is 29.1 Å². The van der Waals surface area contributed by atoms with Crippen molar-refractivity contribution in [2.45, 2.75) is 11.2 Å². The van der Waals surface area contributed by atoms with E-state index in [1.807, 2.05) is 135 Å². The SMILES string of the molecule is Cn1cncc1C(O)(c1ccc(Cl)cc1)c1ccc2nc(Cl)cc(-c3cccc(Cl)c3)c2c1.Cn1cncc1C(O)(c1ccc(Cl)cc1)c1ccc2nc(NN)cc(-c3cccc(Cl)c3)c2c1. The summed E-state index contributed by atoms with van der Waals surface area (Å²) in [5.41, 5.74) is 8.56. The van der Waals surface area contributed by atoms with E-state index in [1.165, 1.54) is 0 Å². The van der Waals surface area contributed by atoms with Crippen LogP contribution in [-0.2, 0) is 25.3 Å². The van der Waals surface area contributed by atoms with Gasteiger partial charge >= 0.3 is 0 Å². The van der Waals surface area contributed by atoms with Crippen molar-refractivity contribution < 1.29 is 10.2 Å². The third kappa shape index (κ3) is 8.87. The van der Waals surface area contributed by atoms with E-state index in [9.17, 15) is 10.2 Å². The molecule has 2 atom stereocenters. The molecule has 0 radical (unpaired) electrons. The van der Waals surface area contributed by atoms with Crippen molar-refractivity contribution in [3.63, 3.8) is 0 Å². The van der Waals surface area contributed by atoms with Gasteiger partial charge in [0.05, 0.1) is 47.5 Å². The lowest BCUT2D eigenvalue weighted by Crippen LogP contribution is -2.31. The minimum atomic E-state index is -1.49. The minimum Gasteiger partial charge on any atom is -0.374 e. The summed E-state index contributed by atoms with van der Waals surface area (Å²) in [5, 5.41) is 29.0. The van der Waals surface area contributed by atoms with Crippen LogP contribution in [-0.4, -0.2) is 39.3 Å². The average molecular weight is 985 g/mol. The highest BCUT2D eigenvalue weighted by molar-refractivity contribution is 6.32. The van der Waals surface area contributed by atoms with Crippen molar-refractivity contribution >= 4 is 85.6 Å². The molecule has 0 aliphatic carbocycles. The van der Waals surface area contributed by atoms with Gasteiger partial charge in [-0.15, -0.1) is 0 Å². The predicted molar refractivity (Wildman–Crippen MR) is 271 cm³/mol. The third-order valence-corrected chi connectivity index (χ3v) is 12.9. The topological polar surface area (TPSA) is 140 Å². The highest BCUT2D eigenvalue weighted by Gasteiger charge is 2.38. The molecule has 67 heavy (non-hydrogen) atoms. The zero-order valence-electron chi connectivity index (χ0n) is 35.7. The molecular formula is C52H39Cl5N8O2. The van der Waals surface area contributed by atoms with Gasteiger partial charge in [0.1, 0.15) is 11.0 Å². The second-order valence-corrected chi connectivity index (χ2v) is 18.0. The number of benzene rings is 6. The van der Waals surface area contributed by atoms with E-state index >= 15 is 0 Å². The Bertz CT molecular complexity index is 3440. The maximum Gasteiger partial charge on any atom is 0.156 e. The molecule has 10 nitrogen and oxygen atoms in total. The Balaban J connectivity index is 0.000000168. The fourth-order valence-electron chi connectivity index (χ4n) is 8.45. The number of aromatic nitrogens is 6. The Hall–Kier alpha value is -6.31. The van der Waals surface area contributed by atoms with Crippen molar-refractivity contribution in [3.05, 3.63) is 230 Å². The molecule has 0 saturated heterocycles. The van der Waals surface area contributed by atoms with Gasteiger partial charge in [-0.25, -0.2) is 25.8 Å². The number of aryl methyl sites for hydroxylation is 2. The molecule has 0 amide bonds. The van der Waals surface area contributed by atoms with Crippen molar-refractivity contribution in [1.29, 1.82) is 0 Å². The lowest BCUT2D eigenvalue weighted by Gasteiger charge is -2.30. The summed E-state index contributed by atoms with van der Waals surface area (Å²) in [7, 11) is 3.70. The molecular weight excluding hydrogens is 946 g/mol. The second kappa shape index (κ2) is 18.8. The van der Waals surface area contributed by atoms with Gasteiger partial charge in [0.15, 0.2) is 11.2 Å². The Morgan fingerprint density at radius 3 is 1.34 bits per heavy atom. The first-order valence-corrected chi connectivity index (χ1v) is 22.6. The Labute approximate surface area is 410 Å². The van der Waals surface area contributed by atoms with E-state index in [-0.39, 0.29) is 0 Å². The quantitative estimate of drug-likeness (QED) is 0.0637. The number of aliphatic hydroxyl groups is 2. The van der Waals surface area contributed by atoms with E-state index in [0.717, 1.165) is 38.5 Å². The average Bonchev–Trinajstić information content (AvgIpc) is 3.98. The highest BCUT2D eigenvalue weighted by Crippen LogP contribution is 2.42. The summed E-state index contributed by atoms with van der Waals surface area (Å²) < 4.78 is 3.60. The number of fused-ring (bicyclic) bond motifs is 2. The van der Waals surface area contributed by atoms with Crippen molar-refractivity contribution in [2.24, 2.45) is 19.9 Å². The molecule has 15 heteroatoms. The van der Waals surface area contributed by atoms with Gasteiger partial charge in [0.2, 0.25) is 0 Å². The summed E-state index contributed by atoms with van der Waals surface area (Å²) in [6.45, 7) is 0. The zero-order chi connectivity index (χ0) is 47.0. The molecule has 0 spiro atoms. The monoisotopic (exact) mass is 982 g/mol. The molecule has 4 heterocycles. The number of anilines is 1. The van der Waals surface area contributed by atoms with Crippen molar-refractivity contribution in [3.8, 4) is 22.3 Å². The maximum absolute atomic E-state index is 12.3. The van der Waals surface area contributed by atoms with Crippen LogP contribution < -0.4 is 11.3 Å². The van der Waals surface area contributed by atoms with Gasteiger partial charge in [-0.05, 0) is 129 Å². The van der Waals surface area contributed by atoms with Crippen molar-refractivity contribution in [2.75, 3.05) is 5.43 Å². The normalized spacial score (nSPS) is 13.2. The third-order valence-electron chi connectivity index (χ3n) is 11.7. The number of pyridine rings is 2. The van der Waals surface area contributed by atoms with Crippen LogP contribution in [0.4, 0.5) is 5.82 Å². The lowest BCUT2D eigenvalue weighted by atomic mass is 9.82. The molecule has 0 aliphatic rings. The number of nitrogens with two attached hydrogens (primary N) is 1. The fourth-order valence-corrected chi connectivity index (χ4v) is 9.28. The van der Waals surface area contributed by atoms with Crippen LogP contribution in [0.5, 0.6) is 0 Å². The van der Waals surface area contributed by atoms with Crippen LogP contribution >= 0.6 is 58.0 Å². The number of hydrogen-bond donors (Lipinski definition) is 4. The first kappa shape index (κ1) is 45.8. The largest absolute Gasteiger partial charge is 0.374 e. The molecule has 334 valence electrons. The Morgan fingerprint density at radius 2 is 0.925 bits per heavy atom. The summed E-state index contributed by atoms with van der Waals surface area (Å²) in [6.07, 6.45) is 6.65. The molecule has 0 fully saturated rings. The molecule has 10 rings (SSSR count). The minimum absolute atomic E-state index is 0.379. The Morgan fingerprint density at radius 1 is 0.493 bits per heavy atom. The number of halogens is 5. The van der Waals surface area contributed by atoms with Gasteiger partial charge in [-0.3, -0.25) is 0 Å². The van der Waals surface area contributed by atoms with Gasteiger partial charge in [-0.2, -0.15) is 0 Å². The molecule has 0 bridgehead atoms. The van der Waals surface area contributed by atoms with E-state index in [0.29, 0.717) is 70.2 Å². The van der Waals surface area contributed by atoms with E-state index in [2.05, 4.69) is 25.4 Å². The Kier molecular flexibility index (Phi) is 12.8. The van der Waals surface area contributed by atoms with Gasteiger partial charge < -0.3 is 24.8 Å². The molecule has 6 aromatic carbocycles. The number of imidazole rings is 2. The molecule has 5 N–H and O–H groups in total. The van der Waals surface area contributed by atoms with Gasteiger partial charge in [-0.1, -0.05) is 119 Å². The number of nitrogen functional groups attached to an aromatic ring is 1. The molecule has 4 aromatic heterocycles. The van der Waals surface area contributed by atoms with Crippen LogP contribution in [0, 0.1) is 0 Å². The molecule has 0 aliphatic heterocycles. The number of hydrazine groups is 1. The number of hydrogen-bond acceptors (Lipinski definition) is 8. The number of nitrogens with one attached hydrogen (secondary N) is 1. The number of nitrogens with zero attached hydrogens (tertiary/aromatic N) is 6. The first-order valence-electron chi connectivity index (χ1n) is 20.7. The molecule has 10 aromatic rings. The van der Waals surface area contributed by atoms with E-state index < -0.39 is 11.2 Å². The molecule has 0 saturated carbocycles. The van der Waals surface area contributed by atoms with Crippen LogP contribution in [0.1, 0.15) is 33.6 Å². The van der Waals surface area contributed by atoms with Crippen LogP contribution in [0.15, 0.2) is 171 Å². The van der Waals surface area contributed by atoms with Crippen LogP contribution in [0.25, 0.3) is 44.1 Å². The number of rotatable bonds is 9. The summed E-state index contributed by atoms with van der Waals surface area (Å²) in [6, 6.07) is 44.5. The van der Waals surface area contributed by atoms with Crippen LogP contribution in [0.2, 0.25) is 25.2 Å². The predicted octanol–water partition coefficient (Wildman–Crippen LogP) is 12.4. The first-order chi connectivity index (χ1) is 32.3. The van der Waals surface area contributed by atoms with Crippen LogP contribution in [0.3, 0.4) is 0 Å². The van der Waals surface area contributed by atoms with Gasteiger partial charge in [0, 0.05) is 45.0 Å². The summed E-state index contributed by atoms with van der Waals surface area (Å²) >= 11 is 31.1. The lowest BCUT2D eigenvalue weighted by molar-refractivity contribution is 0.117. The van der Waals surface area contributed by atoms with E-state index in [1.54, 1.807) is 58.4 Å². The smallest absolute Gasteiger partial charge is 0.156 e. The van der Waals surface area contributed by atoms with E-state index in [4.69, 9.17) is 63.8 Å². The maximum atomic E-state index is 12.3. The molecule has 2 unspecified atom stereocenters. The van der Waals surface area contributed by atoms with Gasteiger partial charge in [0.25, 0.3) is 0 Å². The second-order valence-electron chi connectivity index (χ2n) is 15.9. The fraction of sp³-hybridized carbons (Fsp3) is 0.0769.